The molecule has 2 N–H and O–H groups in total. The van der Waals surface area contributed by atoms with Crippen LogP contribution in [0.2, 0.25) is 5.02 Å². The summed E-state index contributed by atoms with van der Waals surface area (Å²) < 4.78 is 12.2. The molecule has 3 rings (SSSR count). The number of unbranched alkanes of at least 4 members (excludes halogenated alkanes) is 3. The fraction of sp³-hybridized carbons (Fsp3) is 0.333. The summed E-state index contributed by atoms with van der Waals surface area (Å²) in [5.74, 6) is 0.247. The normalized spacial score (nSPS) is 11.5. The van der Waals surface area contributed by atoms with Gasteiger partial charge in [-0.25, -0.2) is 0 Å². The van der Waals surface area contributed by atoms with Gasteiger partial charge in [0, 0.05) is 17.1 Å². The number of nitrogens with one attached hydrogen (secondary N) is 1. The first kappa shape index (κ1) is 28.1. The van der Waals surface area contributed by atoms with Gasteiger partial charge in [0.1, 0.15) is 24.2 Å². The van der Waals surface area contributed by atoms with Gasteiger partial charge in [0.25, 0.3) is 5.91 Å². The van der Waals surface area contributed by atoms with Crippen LogP contribution in [0.3, 0.4) is 0 Å². The van der Waals surface area contributed by atoms with Gasteiger partial charge in [-0.2, -0.15) is 0 Å². The molecule has 6 nitrogen and oxygen atoms in total. The molecule has 0 aliphatic carbocycles. The van der Waals surface area contributed by atoms with Gasteiger partial charge < -0.3 is 19.9 Å². The summed E-state index contributed by atoms with van der Waals surface area (Å²) in [7, 11) is 0. The van der Waals surface area contributed by atoms with Crippen molar-refractivity contribution in [3.05, 3.63) is 94.5 Å². The Labute approximate surface area is 223 Å². The minimum atomic E-state index is -0.945. The van der Waals surface area contributed by atoms with Crippen molar-refractivity contribution in [3.8, 4) is 11.5 Å². The van der Waals surface area contributed by atoms with Crippen LogP contribution in [-0.4, -0.2) is 23.5 Å². The van der Waals surface area contributed by atoms with Gasteiger partial charge in [-0.1, -0.05) is 62.1 Å². The minimum absolute atomic E-state index is 0.0951. The van der Waals surface area contributed by atoms with Gasteiger partial charge in [-0.05, 0) is 72.5 Å². The fourth-order valence-electron chi connectivity index (χ4n) is 3.86. The Morgan fingerprint density at radius 1 is 0.946 bits per heavy atom. The van der Waals surface area contributed by atoms with E-state index in [2.05, 4.69) is 12.2 Å². The molecular weight excluding hydrogens is 490 g/mol. The predicted molar refractivity (Wildman–Crippen MR) is 145 cm³/mol. The first-order chi connectivity index (χ1) is 17.9. The highest BCUT2D eigenvalue weighted by molar-refractivity contribution is 6.30. The number of ether oxygens (including phenoxy) is 2. The first-order valence-electron chi connectivity index (χ1n) is 12.7. The van der Waals surface area contributed by atoms with Gasteiger partial charge >= 0.3 is 5.97 Å². The van der Waals surface area contributed by atoms with E-state index < -0.39 is 5.97 Å². The van der Waals surface area contributed by atoms with E-state index in [0.717, 1.165) is 48.3 Å². The van der Waals surface area contributed by atoms with Crippen LogP contribution in [0.15, 0.2) is 72.8 Å². The molecule has 0 bridgehead atoms. The van der Waals surface area contributed by atoms with Crippen LogP contribution in [-0.2, 0) is 11.4 Å². The van der Waals surface area contributed by atoms with Crippen molar-refractivity contribution >= 4 is 23.5 Å². The number of carbonyl (C=O) groups excluding carboxylic acids is 1. The number of carboxylic acid groups (broad SMARTS) is 1. The Morgan fingerprint density at radius 3 is 2.35 bits per heavy atom. The number of hydrogen-bond donors (Lipinski definition) is 2. The summed E-state index contributed by atoms with van der Waals surface area (Å²) in [5, 5.41) is 12.1. The Bertz CT molecular complexity index is 1130. The molecule has 0 spiro atoms. The van der Waals surface area contributed by atoms with Crippen LogP contribution in [0.4, 0.5) is 0 Å². The molecule has 1 unspecified atom stereocenters. The van der Waals surface area contributed by atoms with Crippen molar-refractivity contribution < 1.29 is 24.2 Å². The maximum absolute atomic E-state index is 12.3. The largest absolute Gasteiger partial charge is 0.489 e. The third kappa shape index (κ3) is 9.81. The third-order valence-electron chi connectivity index (χ3n) is 5.89. The Kier molecular flexibility index (Phi) is 11.3. The highest BCUT2D eigenvalue weighted by atomic mass is 35.5. The summed E-state index contributed by atoms with van der Waals surface area (Å²) in [6.07, 6.45) is 5.11. The van der Waals surface area contributed by atoms with Crippen LogP contribution in [0.5, 0.6) is 11.5 Å². The molecule has 0 fully saturated rings. The average molecular weight is 524 g/mol. The van der Waals surface area contributed by atoms with E-state index in [1.807, 2.05) is 60.7 Å². The number of benzene rings is 3. The number of rotatable bonds is 15. The molecule has 0 aromatic heterocycles. The smallest absolute Gasteiger partial charge is 0.305 e. The fourth-order valence-corrected chi connectivity index (χ4v) is 4.07. The lowest BCUT2D eigenvalue weighted by Crippen LogP contribution is -2.26. The molecule has 196 valence electrons. The molecular formula is C30H34ClNO5. The SMILES string of the molecule is CCCCCCC(Oc1ccc(OCc2cccc(Cl)c2)cc1)c1ccc(C(=O)NCCC(=O)O)cc1. The zero-order valence-electron chi connectivity index (χ0n) is 21.1. The van der Waals surface area contributed by atoms with E-state index in [1.54, 1.807) is 12.1 Å². The van der Waals surface area contributed by atoms with E-state index in [9.17, 15) is 9.59 Å². The number of aliphatic carboxylic acids is 1. The van der Waals surface area contributed by atoms with Crippen LogP contribution in [0.25, 0.3) is 0 Å². The summed E-state index contributed by atoms with van der Waals surface area (Å²) in [6.45, 7) is 2.71. The molecule has 0 aliphatic rings. The van der Waals surface area contributed by atoms with Gasteiger partial charge in [0.15, 0.2) is 0 Å². The minimum Gasteiger partial charge on any atom is -0.489 e. The zero-order valence-corrected chi connectivity index (χ0v) is 21.9. The van der Waals surface area contributed by atoms with Crippen LogP contribution < -0.4 is 14.8 Å². The van der Waals surface area contributed by atoms with Gasteiger partial charge in [-0.3, -0.25) is 9.59 Å². The third-order valence-corrected chi connectivity index (χ3v) is 6.12. The predicted octanol–water partition coefficient (Wildman–Crippen LogP) is 7.21. The summed E-state index contributed by atoms with van der Waals surface area (Å²) in [5.41, 5.74) is 2.47. The number of carbonyl (C=O) groups is 2. The molecule has 0 heterocycles. The molecule has 0 saturated heterocycles. The lowest BCUT2D eigenvalue weighted by molar-refractivity contribution is -0.136. The Balaban J connectivity index is 1.62. The molecule has 1 amide bonds. The quantitative estimate of drug-likeness (QED) is 0.205. The number of carboxylic acids is 1. The second-order valence-electron chi connectivity index (χ2n) is 8.87. The zero-order chi connectivity index (χ0) is 26.5. The molecule has 0 radical (unpaired) electrons. The van der Waals surface area contributed by atoms with E-state index in [0.29, 0.717) is 17.2 Å². The lowest BCUT2D eigenvalue weighted by Gasteiger charge is -2.20. The summed E-state index contributed by atoms with van der Waals surface area (Å²) in [4.78, 5) is 22.9. The second kappa shape index (κ2) is 14.9. The number of hydrogen-bond acceptors (Lipinski definition) is 4. The highest BCUT2D eigenvalue weighted by Gasteiger charge is 2.15. The van der Waals surface area contributed by atoms with E-state index in [-0.39, 0.29) is 25.0 Å². The van der Waals surface area contributed by atoms with Gasteiger partial charge in [0.2, 0.25) is 0 Å². The van der Waals surface area contributed by atoms with Crippen molar-refractivity contribution in [1.82, 2.24) is 5.32 Å². The molecule has 37 heavy (non-hydrogen) atoms. The first-order valence-corrected chi connectivity index (χ1v) is 13.1. The number of amides is 1. The maximum Gasteiger partial charge on any atom is 0.305 e. The van der Waals surface area contributed by atoms with Crippen LogP contribution in [0.1, 0.15) is 73.0 Å². The van der Waals surface area contributed by atoms with Crippen LogP contribution >= 0.6 is 11.6 Å². The van der Waals surface area contributed by atoms with Gasteiger partial charge in [0.05, 0.1) is 6.42 Å². The standard InChI is InChI=1S/C30H34ClNO5/c1-2-3-4-5-9-28(23-10-12-24(13-11-23)30(35)32-19-18-29(33)34)37-27-16-14-26(15-17-27)36-21-22-7-6-8-25(31)20-22/h6-8,10-17,20,28H,2-5,9,18-19,21H2,1H3,(H,32,35)(H,33,34). The molecule has 7 heteroatoms. The molecule has 0 saturated carbocycles. The number of halogens is 1. The van der Waals surface area contributed by atoms with E-state index in [1.165, 1.54) is 6.42 Å². The maximum atomic E-state index is 12.3. The molecule has 0 aliphatic heterocycles. The van der Waals surface area contributed by atoms with Crippen molar-refractivity contribution in [2.24, 2.45) is 0 Å². The Hall–Kier alpha value is -3.51. The summed E-state index contributed by atoms with van der Waals surface area (Å²) >= 11 is 6.04. The van der Waals surface area contributed by atoms with E-state index >= 15 is 0 Å². The second-order valence-corrected chi connectivity index (χ2v) is 9.30. The van der Waals surface area contributed by atoms with Gasteiger partial charge in [-0.15, -0.1) is 0 Å². The highest BCUT2D eigenvalue weighted by Crippen LogP contribution is 2.29. The molecule has 3 aromatic carbocycles. The van der Waals surface area contributed by atoms with E-state index in [4.69, 9.17) is 26.2 Å². The van der Waals surface area contributed by atoms with Crippen molar-refractivity contribution in [1.29, 1.82) is 0 Å². The molecule has 1 atom stereocenters. The van der Waals surface area contributed by atoms with Crippen molar-refractivity contribution in [2.45, 2.75) is 58.2 Å². The van der Waals surface area contributed by atoms with Crippen molar-refractivity contribution in [2.75, 3.05) is 6.54 Å². The Morgan fingerprint density at radius 2 is 1.68 bits per heavy atom. The topological polar surface area (TPSA) is 84.9 Å². The molecule has 3 aromatic rings. The van der Waals surface area contributed by atoms with Crippen LogP contribution in [0, 0.1) is 0 Å². The monoisotopic (exact) mass is 523 g/mol. The average Bonchev–Trinajstić information content (AvgIpc) is 2.90. The summed E-state index contributed by atoms with van der Waals surface area (Å²) in [6, 6.07) is 22.5. The van der Waals surface area contributed by atoms with Crippen molar-refractivity contribution in [3.63, 3.8) is 0 Å². The lowest BCUT2D eigenvalue weighted by atomic mass is 10.0.